The molecule has 1 aliphatic rings. The largest absolute Gasteiger partial charge is 0.478 e. The number of carbonyl (C=O) groups excluding carboxylic acids is 1. The maximum Gasteiger partial charge on any atom is 0.335 e. The molecule has 0 spiro atoms. The van der Waals surface area contributed by atoms with Crippen LogP contribution < -0.4 is 5.32 Å². The average Bonchev–Trinajstić information content (AvgIpc) is 3.06. The van der Waals surface area contributed by atoms with Crippen molar-refractivity contribution in [3.63, 3.8) is 0 Å². The molecule has 7 heteroatoms. The molecule has 0 aliphatic carbocycles. The molecule has 2 heterocycles. The summed E-state index contributed by atoms with van der Waals surface area (Å²) in [7, 11) is 1.87. The second-order valence-electron chi connectivity index (χ2n) is 6.31. The molecule has 2 amide bonds. The first-order valence-corrected chi connectivity index (χ1v) is 8.40. The maximum absolute atomic E-state index is 12.6. The van der Waals surface area contributed by atoms with Crippen molar-refractivity contribution in [1.82, 2.24) is 20.0 Å². The summed E-state index contributed by atoms with van der Waals surface area (Å²) in [5.41, 5.74) is 2.17. The van der Waals surface area contributed by atoms with Crippen LogP contribution in [0.5, 0.6) is 0 Å². The fraction of sp³-hybridized carbons (Fsp3) is 0.389. The number of amides is 2. The highest BCUT2D eigenvalue weighted by Gasteiger charge is 2.28. The van der Waals surface area contributed by atoms with Crippen LogP contribution in [-0.4, -0.2) is 38.3 Å². The second-order valence-corrected chi connectivity index (χ2v) is 6.31. The van der Waals surface area contributed by atoms with Gasteiger partial charge in [-0.3, -0.25) is 4.68 Å². The van der Waals surface area contributed by atoms with E-state index in [4.69, 9.17) is 5.11 Å². The number of urea groups is 1. The number of aryl methyl sites for hydroxylation is 1. The Morgan fingerprint density at radius 2 is 2.04 bits per heavy atom. The number of piperidine rings is 1. The van der Waals surface area contributed by atoms with Crippen molar-refractivity contribution in [2.45, 2.75) is 31.8 Å². The molecule has 1 aromatic carbocycles. The number of carboxylic acids is 1. The first kappa shape index (κ1) is 17.0. The minimum Gasteiger partial charge on any atom is -0.478 e. The third-order valence-corrected chi connectivity index (χ3v) is 4.52. The average molecular weight is 342 g/mol. The minimum atomic E-state index is -0.955. The molecule has 0 bridgehead atoms. The molecule has 0 radical (unpaired) electrons. The van der Waals surface area contributed by atoms with E-state index in [9.17, 15) is 9.59 Å². The molecule has 1 unspecified atom stereocenters. The lowest BCUT2D eigenvalue weighted by Crippen LogP contribution is -2.44. The summed E-state index contributed by atoms with van der Waals surface area (Å²) in [6.07, 6.45) is 6.81. The van der Waals surface area contributed by atoms with Gasteiger partial charge in [-0.15, -0.1) is 0 Å². The summed E-state index contributed by atoms with van der Waals surface area (Å²) >= 11 is 0. The second kappa shape index (κ2) is 7.38. The van der Waals surface area contributed by atoms with Gasteiger partial charge in [0.25, 0.3) is 0 Å². The number of nitrogens with one attached hydrogen (secondary N) is 1. The van der Waals surface area contributed by atoms with Gasteiger partial charge >= 0.3 is 12.0 Å². The monoisotopic (exact) mass is 342 g/mol. The van der Waals surface area contributed by atoms with E-state index in [-0.39, 0.29) is 17.6 Å². The first-order chi connectivity index (χ1) is 12.0. The Morgan fingerprint density at radius 3 is 2.68 bits per heavy atom. The number of benzene rings is 1. The molecule has 132 valence electrons. The van der Waals surface area contributed by atoms with Gasteiger partial charge in [0.2, 0.25) is 0 Å². The van der Waals surface area contributed by atoms with Crippen LogP contribution in [0.4, 0.5) is 4.79 Å². The minimum absolute atomic E-state index is 0.0526. The number of aromatic nitrogens is 2. The van der Waals surface area contributed by atoms with Crippen LogP contribution in [0.2, 0.25) is 0 Å². The van der Waals surface area contributed by atoms with Gasteiger partial charge in [-0.2, -0.15) is 5.10 Å². The summed E-state index contributed by atoms with van der Waals surface area (Å²) in [6, 6.07) is 6.48. The van der Waals surface area contributed by atoms with Crippen LogP contribution in [-0.2, 0) is 13.6 Å². The fourth-order valence-corrected chi connectivity index (χ4v) is 3.18. The highest BCUT2D eigenvalue weighted by atomic mass is 16.4. The third-order valence-electron chi connectivity index (χ3n) is 4.52. The summed E-state index contributed by atoms with van der Waals surface area (Å²) in [5, 5.41) is 16.1. The van der Waals surface area contributed by atoms with Gasteiger partial charge in [-0.1, -0.05) is 12.1 Å². The zero-order valence-electron chi connectivity index (χ0n) is 14.2. The van der Waals surface area contributed by atoms with Crippen molar-refractivity contribution in [3.05, 3.63) is 53.3 Å². The number of hydrogen-bond acceptors (Lipinski definition) is 3. The van der Waals surface area contributed by atoms with E-state index in [0.717, 1.165) is 36.9 Å². The molecule has 1 aliphatic heterocycles. The van der Waals surface area contributed by atoms with E-state index >= 15 is 0 Å². The molecule has 1 saturated heterocycles. The van der Waals surface area contributed by atoms with Crippen LogP contribution in [0, 0.1) is 0 Å². The Labute approximate surface area is 146 Å². The standard InChI is InChI=1S/C18H22N4O3/c1-21-12-15(11-20-21)16-4-2-3-9-22(16)18(25)19-10-13-5-7-14(8-6-13)17(23)24/h5-8,11-12,16H,2-4,9-10H2,1H3,(H,19,25)(H,23,24). The Morgan fingerprint density at radius 1 is 1.28 bits per heavy atom. The van der Waals surface area contributed by atoms with Gasteiger partial charge in [-0.25, -0.2) is 9.59 Å². The molecule has 2 N–H and O–H groups in total. The molecule has 1 aromatic heterocycles. The number of carbonyl (C=O) groups is 2. The number of nitrogens with zero attached hydrogens (tertiary/aromatic N) is 3. The molecule has 1 fully saturated rings. The summed E-state index contributed by atoms with van der Waals surface area (Å²) in [5.74, 6) is -0.955. The summed E-state index contributed by atoms with van der Waals surface area (Å²) in [6.45, 7) is 1.10. The van der Waals surface area contributed by atoms with Crippen LogP contribution >= 0.6 is 0 Å². The zero-order chi connectivity index (χ0) is 17.8. The Hall–Kier alpha value is -2.83. The third kappa shape index (κ3) is 3.99. The van der Waals surface area contributed by atoms with E-state index in [0.29, 0.717) is 6.54 Å². The van der Waals surface area contributed by atoms with Crippen LogP contribution in [0.15, 0.2) is 36.7 Å². The van der Waals surface area contributed by atoms with Crippen molar-refractivity contribution in [2.24, 2.45) is 7.05 Å². The van der Waals surface area contributed by atoms with Gasteiger partial charge < -0.3 is 15.3 Å². The lowest BCUT2D eigenvalue weighted by atomic mass is 9.98. The van der Waals surface area contributed by atoms with E-state index in [1.165, 1.54) is 0 Å². The number of likely N-dealkylation sites (tertiary alicyclic amines) is 1. The smallest absolute Gasteiger partial charge is 0.335 e. The highest BCUT2D eigenvalue weighted by molar-refractivity contribution is 5.87. The lowest BCUT2D eigenvalue weighted by molar-refractivity contribution is 0.0697. The van der Waals surface area contributed by atoms with E-state index in [1.54, 1.807) is 28.9 Å². The molecular formula is C18H22N4O3. The topological polar surface area (TPSA) is 87.5 Å². The van der Waals surface area contributed by atoms with Gasteiger partial charge in [0, 0.05) is 31.9 Å². The Bertz CT molecular complexity index is 754. The SMILES string of the molecule is Cn1cc(C2CCCCN2C(=O)NCc2ccc(C(=O)O)cc2)cn1. The maximum atomic E-state index is 12.6. The molecule has 7 nitrogen and oxygen atoms in total. The predicted octanol–water partition coefficient (Wildman–Crippen LogP) is 2.56. The Kier molecular flexibility index (Phi) is 5.02. The van der Waals surface area contributed by atoms with Gasteiger partial charge in [0.1, 0.15) is 0 Å². The van der Waals surface area contributed by atoms with Gasteiger partial charge in [-0.05, 0) is 37.0 Å². The quantitative estimate of drug-likeness (QED) is 0.894. The Balaban J connectivity index is 1.63. The molecule has 25 heavy (non-hydrogen) atoms. The van der Waals surface area contributed by atoms with Crippen LogP contribution in [0.1, 0.15) is 46.8 Å². The fourth-order valence-electron chi connectivity index (χ4n) is 3.18. The number of hydrogen-bond donors (Lipinski definition) is 2. The normalized spacial score (nSPS) is 17.3. The van der Waals surface area contributed by atoms with Crippen molar-refractivity contribution in [2.75, 3.05) is 6.54 Å². The van der Waals surface area contributed by atoms with E-state index in [2.05, 4.69) is 10.4 Å². The van der Waals surface area contributed by atoms with Gasteiger partial charge in [0.05, 0.1) is 17.8 Å². The van der Waals surface area contributed by atoms with E-state index < -0.39 is 5.97 Å². The number of aromatic carboxylic acids is 1. The molecule has 0 saturated carbocycles. The van der Waals surface area contributed by atoms with Crippen molar-refractivity contribution >= 4 is 12.0 Å². The number of carboxylic acid groups (broad SMARTS) is 1. The van der Waals surface area contributed by atoms with Crippen molar-refractivity contribution < 1.29 is 14.7 Å². The van der Waals surface area contributed by atoms with Crippen molar-refractivity contribution in [1.29, 1.82) is 0 Å². The summed E-state index contributed by atoms with van der Waals surface area (Å²) in [4.78, 5) is 25.4. The summed E-state index contributed by atoms with van der Waals surface area (Å²) < 4.78 is 1.75. The van der Waals surface area contributed by atoms with Crippen molar-refractivity contribution in [3.8, 4) is 0 Å². The zero-order valence-corrected chi connectivity index (χ0v) is 14.2. The number of rotatable bonds is 4. The van der Waals surface area contributed by atoms with Crippen LogP contribution in [0.25, 0.3) is 0 Å². The molecular weight excluding hydrogens is 320 g/mol. The van der Waals surface area contributed by atoms with Gasteiger partial charge in [0.15, 0.2) is 0 Å². The molecule has 2 aromatic rings. The molecule has 3 rings (SSSR count). The van der Waals surface area contributed by atoms with Crippen LogP contribution in [0.3, 0.4) is 0 Å². The lowest BCUT2D eigenvalue weighted by Gasteiger charge is -2.35. The molecule has 1 atom stereocenters. The first-order valence-electron chi connectivity index (χ1n) is 8.40. The predicted molar refractivity (Wildman–Crippen MR) is 92.1 cm³/mol. The highest BCUT2D eigenvalue weighted by Crippen LogP contribution is 2.30. The van der Waals surface area contributed by atoms with E-state index in [1.807, 2.05) is 24.3 Å².